The van der Waals surface area contributed by atoms with Crippen LogP contribution < -0.4 is 15.8 Å². The number of rotatable bonds is 5. The SMILES string of the molecule is Cc1nc(N2CCNCC2)n2ncn(Cc3nc(C4COC(c5ccc(Cl)cc5)C4)no3)c(=O)c12. The van der Waals surface area contributed by atoms with Gasteiger partial charge in [0.25, 0.3) is 5.56 Å². The first-order valence-corrected chi connectivity index (χ1v) is 12.0. The van der Waals surface area contributed by atoms with Gasteiger partial charge < -0.3 is 19.5 Å². The van der Waals surface area contributed by atoms with Gasteiger partial charge in [-0.15, -0.1) is 0 Å². The third-order valence-corrected chi connectivity index (χ3v) is 6.83. The van der Waals surface area contributed by atoms with Gasteiger partial charge in [-0.3, -0.25) is 9.36 Å². The van der Waals surface area contributed by atoms with Crippen molar-refractivity contribution < 1.29 is 9.26 Å². The van der Waals surface area contributed by atoms with Crippen molar-refractivity contribution in [2.75, 3.05) is 37.7 Å². The molecule has 2 atom stereocenters. The van der Waals surface area contributed by atoms with Crippen LogP contribution in [0, 0.1) is 6.92 Å². The number of anilines is 1. The molecule has 35 heavy (non-hydrogen) atoms. The minimum atomic E-state index is -0.196. The molecule has 0 spiro atoms. The lowest BCUT2D eigenvalue weighted by Gasteiger charge is -2.27. The molecule has 182 valence electrons. The summed E-state index contributed by atoms with van der Waals surface area (Å²) in [5, 5.41) is 12.7. The summed E-state index contributed by atoms with van der Waals surface area (Å²) in [6.07, 6.45) is 2.21. The zero-order valence-electron chi connectivity index (χ0n) is 19.2. The monoisotopic (exact) mass is 496 g/mol. The van der Waals surface area contributed by atoms with Crippen LogP contribution in [0.3, 0.4) is 0 Å². The molecule has 0 amide bonds. The van der Waals surface area contributed by atoms with Crippen molar-refractivity contribution in [1.82, 2.24) is 34.6 Å². The number of aryl methyl sites for hydroxylation is 1. The molecule has 4 aromatic rings. The van der Waals surface area contributed by atoms with E-state index in [1.165, 1.54) is 10.9 Å². The molecular formula is C23H25ClN8O3. The number of ether oxygens (including phenoxy) is 1. The number of piperazine rings is 1. The highest BCUT2D eigenvalue weighted by molar-refractivity contribution is 6.30. The first-order valence-electron chi connectivity index (χ1n) is 11.7. The quantitative estimate of drug-likeness (QED) is 0.442. The van der Waals surface area contributed by atoms with Gasteiger partial charge >= 0.3 is 0 Å². The molecule has 0 radical (unpaired) electrons. The maximum Gasteiger partial charge on any atom is 0.280 e. The van der Waals surface area contributed by atoms with Crippen molar-refractivity contribution in [2.45, 2.75) is 31.9 Å². The van der Waals surface area contributed by atoms with Crippen molar-refractivity contribution in [3.63, 3.8) is 0 Å². The number of nitrogens with one attached hydrogen (secondary N) is 1. The highest BCUT2D eigenvalue weighted by atomic mass is 35.5. The van der Waals surface area contributed by atoms with E-state index in [1.807, 2.05) is 31.2 Å². The minimum Gasteiger partial charge on any atom is -0.373 e. The standard InChI is InChI=1S/C23H25ClN8O3/c1-14-20-22(33)31(13-26-32(20)23(27-14)30-8-6-25-7-9-30)11-19-28-21(29-35-19)16-10-18(34-12-16)15-2-4-17(24)5-3-15/h2-5,13,16,18,25H,6-12H2,1H3. The van der Waals surface area contributed by atoms with Gasteiger partial charge in [-0.05, 0) is 31.0 Å². The lowest BCUT2D eigenvalue weighted by molar-refractivity contribution is 0.110. The summed E-state index contributed by atoms with van der Waals surface area (Å²) in [6, 6.07) is 7.66. The third-order valence-electron chi connectivity index (χ3n) is 6.57. The maximum atomic E-state index is 13.2. The molecule has 5 heterocycles. The van der Waals surface area contributed by atoms with E-state index in [1.54, 1.807) is 4.52 Å². The fourth-order valence-electron chi connectivity index (χ4n) is 4.70. The van der Waals surface area contributed by atoms with Crippen LogP contribution in [-0.4, -0.2) is 62.1 Å². The minimum absolute atomic E-state index is 0.0177. The van der Waals surface area contributed by atoms with Crippen molar-refractivity contribution in [2.24, 2.45) is 0 Å². The van der Waals surface area contributed by atoms with Crippen LogP contribution in [0.5, 0.6) is 0 Å². The summed E-state index contributed by atoms with van der Waals surface area (Å²) in [5.74, 6) is 1.65. The third kappa shape index (κ3) is 4.19. The molecule has 2 fully saturated rings. The number of hydrogen-bond acceptors (Lipinski definition) is 9. The van der Waals surface area contributed by atoms with Gasteiger partial charge in [-0.2, -0.15) is 14.6 Å². The van der Waals surface area contributed by atoms with Crippen LogP contribution in [0.4, 0.5) is 5.95 Å². The van der Waals surface area contributed by atoms with Gasteiger partial charge in [-0.25, -0.2) is 4.98 Å². The van der Waals surface area contributed by atoms with Crippen molar-refractivity contribution in [3.05, 3.63) is 68.9 Å². The van der Waals surface area contributed by atoms with E-state index < -0.39 is 0 Å². The molecule has 0 bridgehead atoms. The molecule has 0 aliphatic carbocycles. The number of halogens is 1. The van der Waals surface area contributed by atoms with Crippen LogP contribution in [0.25, 0.3) is 5.52 Å². The Morgan fingerprint density at radius 2 is 1.97 bits per heavy atom. The van der Waals surface area contributed by atoms with Gasteiger partial charge in [0.2, 0.25) is 11.8 Å². The van der Waals surface area contributed by atoms with Gasteiger partial charge in [0.05, 0.1) is 18.4 Å². The zero-order chi connectivity index (χ0) is 23.9. The Labute approximate surface area is 205 Å². The number of benzene rings is 1. The van der Waals surface area contributed by atoms with Crippen molar-refractivity contribution in [3.8, 4) is 0 Å². The van der Waals surface area contributed by atoms with Crippen LogP contribution in [0.15, 0.2) is 39.9 Å². The number of fused-ring (bicyclic) bond motifs is 1. The second-order valence-electron chi connectivity index (χ2n) is 8.91. The lowest BCUT2D eigenvalue weighted by Crippen LogP contribution is -2.44. The molecule has 0 saturated carbocycles. The molecule has 1 aromatic carbocycles. The number of nitrogens with zero attached hydrogens (tertiary/aromatic N) is 7. The van der Waals surface area contributed by atoms with Gasteiger partial charge in [0, 0.05) is 37.1 Å². The summed E-state index contributed by atoms with van der Waals surface area (Å²) in [6.45, 7) is 5.85. The predicted molar refractivity (Wildman–Crippen MR) is 128 cm³/mol. The van der Waals surface area contributed by atoms with E-state index in [0.717, 1.165) is 38.2 Å². The molecule has 2 aliphatic rings. The molecule has 2 aliphatic heterocycles. The van der Waals surface area contributed by atoms with E-state index in [-0.39, 0.29) is 24.1 Å². The van der Waals surface area contributed by atoms with Gasteiger partial charge in [0.15, 0.2) is 11.3 Å². The Hall–Kier alpha value is -3.28. The second kappa shape index (κ2) is 9.06. The Bertz CT molecular complexity index is 1410. The molecule has 6 rings (SSSR count). The van der Waals surface area contributed by atoms with Gasteiger partial charge in [0.1, 0.15) is 12.9 Å². The molecule has 2 saturated heterocycles. The van der Waals surface area contributed by atoms with E-state index in [2.05, 4.69) is 30.4 Å². The molecule has 1 N–H and O–H groups in total. The van der Waals surface area contributed by atoms with Crippen LogP contribution >= 0.6 is 11.6 Å². The molecule has 12 heteroatoms. The Morgan fingerprint density at radius 1 is 1.17 bits per heavy atom. The Balaban J connectivity index is 1.20. The van der Waals surface area contributed by atoms with Crippen LogP contribution in [-0.2, 0) is 11.3 Å². The summed E-state index contributed by atoms with van der Waals surface area (Å²) in [7, 11) is 0. The van der Waals surface area contributed by atoms with E-state index in [9.17, 15) is 4.79 Å². The smallest absolute Gasteiger partial charge is 0.280 e. The normalized spacial score (nSPS) is 20.7. The average Bonchev–Trinajstić information content (AvgIpc) is 3.61. The highest BCUT2D eigenvalue weighted by Gasteiger charge is 2.31. The van der Waals surface area contributed by atoms with Crippen molar-refractivity contribution >= 4 is 23.1 Å². The number of hydrogen-bond donors (Lipinski definition) is 1. The molecule has 3 aromatic heterocycles. The predicted octanol–water partition coefficient (Wildman–Crippen LogP) is 1.94. The number of aromatic nitrogens is 6. The van der Waals surface area contributed by atoms with E-state index in [4.69, 9.17) is 20.9 Å². The number of imidazole rings is 1. The van der Waals surface area contributed by atoms with Crippen LogP contribution in [0.1, 0.15) is 41.4 Å². The van der Waals surface area contributed by atoms with Crippen molar-refractivity contribution in [1.29, 1.82) is 0 Å². The van der Waals surface area contributed by atoms with Crippen LogP contribution in [0.2, 0.25) is 5.02 Å². The summed E-state index contributed by atoms with van der Waals surface area (Å²) in [5.41, 5.74) is 1.98. The lowest BCUT2D eigenvalue weighted by atomic mass is 10.0. The Morgan fingerprint density at radius 3 is 2.77 bits per heavy atom. The summed E-state index contributed by atoms with van der Waals surface area (Å²) in [4.78, 5) is 24.6. The topological polar surface area (TPSA) is 116 Å². The first-order chi connectivity index (χ1) is 17.1. The zero-order valence-corrected chi connectivity index (χ0v) is 20.0. The molecular weight excluding hydrogens is 472 g/mol. The molecule has 11 nitrogen and oxygen atoms in total. The van der Waals surface area contributed by atoms with E-state index in [0.29, 0.717) is 40.5 Å². The Kier molecular flexibility index (Phi) is 5.75. The first kappa shape index (κ1) is 22.2. The van der Waals surface area contributed by atoms with E-state index >= 15 is 0 Å². The van der Waals surface area contributed by atoms with Gasteiger partial charge in [-0.1, -0.05) is 28.9 Å². The largest absolute Gasteiger partial charge is 0.373 e. The maximum absolute atomic E-state index is 13.2. The fourth-order valence-corrected chi connectivity index (χ4v) is 4.83. The molecule has 2 unspecified atom stereocenters. The highest BCUT2D eigenvalue weighted by Crippen LogP contribution is 2.37. The summed E-state index contributed by atoms with van der Waals surface area (Å²) >= 11 is 5.99. The average molecular weight is 497 g/mol. The fraction of sp³-hybridized carbons (Fsp3) is 0.435. The second-order valence-corrected chi connectivity index (χ2v) is 9.35. The summed E-state index contributed by atoms with van der Waals surface area (Å²) < 4.78 is 14.5.